The van der Waals surface area contributed by atoms with Crippen LogP contribution in [0.2, 0.25) is 0 Å². The number of ether oxygens (including phenoxy) is 5. The Hall–Kier alpha value is -3.55. The molecule has 0 spiro atoms. The molecule has 0 saturated heterocycles. The minimum atomic E-state index is -1.76. The molecule has 0 saturated carbocycles. The molecule has 0 aromatic carbocycles. The van der Waals surface area contributed by atoms with Crippen molar-refractivity contribution in [2.24, 2.45) is 5.92 Å². The summed E-state index contributed by atoms with van der Waals surface area (Å²) >= 11 is 0. The minimum Gasteiger partial charge on any atom is -0.462 e. The molecule has 196 valence electrons. The summed E-state index contributed by atoms with van der Waals surface area (Å²) in [5.41, 5.74) is 0. The molecule has 0 heterocycles. The lowest BCUT2D eigenvalue weighted by Gasteiger charge is -2.39. The molecule has 0 aromatic rings. The van der Waals surface area contributed by atoms with Crippen molar-refractivity contribution >= 4 is 29.8 Å². The predicted octanol–water partition coefficient (Wildman–Crippen LogP) is -0.141. The first-order valence-electron chi connectivity index (χ1n) is 10.5. The molecule has 1 rings (SSSR count). The highest BCUT2D eigenvalue weighted by Gasteiger charge is 2.53. The maximum atomic E-state index is 12.0. The Morgan fingerprint density at radius 1 is 0.886 bits per heavy atom. The van der Waals surface area contributed by atoms with Crippen molar-refractivity contribution in [3.8, 4) is 0 Å². The molecule has 1 N–H and O–H groups in total. The van der Waals surface area contributed by atoms with Crippen LogP contribution in [-0.2, 0) is 47.7 Å². The van der Waals surface area contributed by atoms with E-state index in [9.17, 15) is 39.2 Å². The second-order valence-corrected chi connectivity index (χ2v) is 7.77. The third-order valence-electron chi connectivity index (χ3n) is 4.88. The van der Waals surface area contributed by atoms with Gasteiger partial charge in [0.15, 0.2) is 24.4 Å². The van der Waals surface area contributed by atoms with Gasteiger partial charge < -0.3 is 28.8 Å². The van der Waals surface area contributed by atoms with Crippen LogP contribution < -0.4 is 0 Å². The second-order valence-electron chi connectivity index (χ2n) is 7.77. The van der Waals surface area contributed by atoms with Gasteiger partial charge in [0.2, 0.25) is 6.04 Å². The van der Waals surface area contributed by atoms with E-state index in [0.717, 1.165) is 34.6 Å². The molecule has 1 aliphatic carbocycles. The first-order valence-corrected chi connectivity index (χ1v) is 10.5. The fourth-order valence-corrected chi connectivity index (χ4v) is 3.75. The molecule has 0 radical (unpaired) electrons. The zero-order valence-electron chi connectivity index (χ0n) is 19.9. The van der Waals surface area contributed by atoms with Crippen molar-refractivity contribution in [3.05, 3.63) is 22.3 Å². The zero-order valence-corrected chi connectivity index (χ0v) is 19.9. The topological polar surface area (TPSA) is 195 Å². The van der Waals surface area contributed by atoms with Gasteiger partial charge in [-0.3, -0.25) is 34.1 Å². The smallest absolute Gasteiger partial charge is 0.303 e. The highest BCUT2D eigenvalue weighted by atomic mass is 16.6. The van der Waals surface area contributed by atoms with Crippen LogP contribution in [0.15, 0.2) is 12.2 Å². The minimum absolute atomic E-state index is 0.0899. The number of carbonyl (C=O) groups is 5. The Morgan fingerprint density at radius 2 is 1.40 bits per heavy atom. The number of hydrogen-bond donors (Lipinski definition) is 1. The molecule has 1 unspecified atom stereocenters. The fourth-order valence-electron chi connectivity index (χ4n) is 3.75. The Kier molecular flexibility index (Phi) is 11.3. The van der Waals surface area contributed by atoms with E-state index >= 15 is 0 Å². The fraction of sp³-hybridized carbons (Fsp3) is 0.667. The molecular formula is C21H29NO13. The number of hydrogen-bond acceptors (Lipinski definition) is 13. The van der Waals surface area contributed by atoms with Crippen LogP contribution in [-0.4, -0.2) is 83.0 Å². The van der Waals surface area contributed by atoms with E-state index in [0.29, 0.717) is 0 Å². The molecule has 0 aromatic heterocycles. The summed E-state index contributed by atoms with van der Waals surface area (Å²) in [5.74, 6) is -5.75. The van der Waals surface area contributed by atoms with Crippen molar-refractivity contribution in [1.82, 2.24) is 0 Å². The lowest BCUT2D eigenvalue weighted by Crippen LogP contribution is -2.58. The lowest BCUT2D eigenvalue weighted by molar-refractivity contribution is -0.545. The van der Waals surface area contributed by atoms with Gasteiger partial charge in [-0.1, -0.05) is 12.2 Å². The third kappa shape index (κ3) is 9.31. The van der Waals surface area contributed by atoms with E-state index in [1.54, 1.807) is 0 Å². The van der Waals surface area contributed by atoms with E-state index in [1.807, 2.05) is 0 Å². The maximum Gasteiger partial charge on any atom is 0.303 e. The number of allylic oxidation sites excluding steroid dienone is 1. The highest BCUT2D eigenvalue weighted by molar-refractivity contribution is 5.69. The summed E-state index contributed by atoms with van der Waals surface area (Å²) in [6, 6.07) is -1.69. The van der Waals surface area contributed by atoms with Crippen LogP contribution >= 0.6 is 0 Å². The SMILES string of the molecule is CC(=O)OC[C@@H](OC(C)=O)[C@H](OC(C)=O)[C@H](OC(C)=O)C(OC(C)=O)[C@H]1CC=C[C@H](O)[C@@H]1[N+](=O)[O-]. The van der Waals surface area contributed by atoms with Crippen LogP contribution in [0.4, 0.5) is 0 Å². The van der Waals surface area contributed by atoms with Gasteiger partial charge in [-0.25, -0.2) is 0 Å². The summed E-state index contributed by atoms with van der Waals surface area (Å²) in [4.78, 5) is 70.0. The first-order chi connectivity index (χ1) is 16.2. The summed E-state index contributed by atoms with van der Waals surface area (Å²) in [6.45, 7) is 4.40. The predicted molar refractivity (Wildman–Crippen MR) is 113 cm³/mol. The molecule has 7 atom stereocenters. The van der Waals surface area contributed by atoms with E-state index in [4.69, 9.17) is 23.7 Å². The van der Waals surface area contributed by atoms with Crippen molar-refractivity contribution in [3.63, 3.8) is 0 Å². The molecule has 0 aliphatic heterocycles. The Labute approximate surface area is 200 Å². The summed E-state index contributed by atoms with van der Waals surface area (Å²) in [7, 11) is 0. The van der Waals surface area contributed by atoms with Crippen LogP contribution in [0.3, 0.4) is 0 Å². The maximum absolute atomic E-state index is 12.0. The molecule has 0 amide bonds. The Morgan fingerprint density at radius 3 is 1.86 bits per heavy atom. The quantitative estimate of drug-likeness (QED) is 0.129. The number of aliphatic hydroxyl groups is 1. The molecule has 1 aliphatic rings. The van der Waals surface area contributed by atoms with Crippen molar-refractivity contribution < 1.29 is 57.7 Å². The van der Waals surface area contributed by atoms with Gasteiger partial charge >= 0.3 is 29.8 Å². The van der Waals surface area contributed by atoms with E-state index < -0.39 is 83.9 Å². The number of rotatable bonds is 11. The molecule has 14 nitrogen and oxygen atoms in total. The van der Waals surface area contributed by atoms with Crippen molar-refractivity contribution in [1.29, 1.82) is 0 Å². The van der Waals surface area contributed by atoms with Crippen LogP contribution in [0.1, 0.15) is 41.0 Å². The van der Waals surface area contributed by atoms with Gasteiger partial charge in [-0.2, -0.15) is 0 Å². The monoisotopic (exact) mass is 503 g/mol. The van der Waals surface area contributed by atoms with Gasteiger partial charge in [-0.05, 0) is 6.42 Å². The Balaban J connectivity index is 3.68. The van der Waals surface area contributed by atoms with Crippen molar-refractivity contribution in [2.75, 3.05) is 6.61 Å². The summed E-state index contributed by atoms with van der Waals surface area (Å²) in [6.07, 6.45) is -5.73. The lowest BCUT2D eigenvalue weighted by atomic mass is 9.79. The van der Waals surface area contributed by atoms with E-state index in [-0.39, 0.29) is 6.42 Å². The van der Waals surface area contributed by atoms with Gasteiger partial charge in [0.05, 0.1) is 5.92 Å². The van der Waals surface area contributed by atoms with Crippen LogP contribution in [0.5, 0.6) is 0 Å². The number of esters is 5. The Bertz CT molecular complexity index is 854. The second kappa shape index (κ2) is 13.4. The van der Waals surface area contributed by atoms with Gasteiger partial charge in [0.1, 0.15) is 12.7 Å². The van der Waals surface area contributed by atoms with Gasteiger partial charge in [-0.15, -0.1) is 0 Å². The highest BCUT2D eigenvalue weighted by Crippen LogP contribution is 2.33. The molecule has 0 fully saturated rings. The number of nitro groups is 1. The molecule has 14 heteroatoms. The normalized spacial score (nSPS) is 22.5. The number of nitrogens with zero attached hydrogens (tertiary/aromatic N) is 1. The van der Waals surface area contributed by atoms with Gasteiger partial charge in [0, 0.05) is 39.5 Å². The van der Waals surface area contributed by atoms with E-state index in [1.165, 1.54) is 12.2 Å². The molecule has 0 bridgehead atoms. The number of aliphatic hydroxyl groups excluding tert-OH is 1. The van der Waals surface area contributed by atoms with E-state index in [2.05, 4.69) is 0 Å². The average molecular weight is 503 g/mol. The summed E-state index contributed by atoms with van der Waals surface area (Å²) in [5, 5.41) is 22.0. The van der Waals surface area contributed by atoms with Crippen LogP contribution in [0, 0.1) is 16.0 Å². The standard InChI is InChI=1S/C21H29NO13/c1-10(23)31-9-17(32-11(2)24)20(34-13(4)26)21(35-14(5)27)19(33-12(3)25)15-7-6-8-16(28)18(15)22(29)30/h6,8,15-21,28H,7,9H2,1-5H3/t15-,16-,17+,18+,19?,20-,21+/m0/s1. The van der Waals surface area contributed by atoms with Crippen molar-refractivity contribution in [2.45, 2.75) is 77.6 Å². The average Bonchev–Trinajstić information content (AvgIpc) is 2.70. The zero-order chi connectivity index (χ0) is 26.9. The molecular weight excluding hydrogens is 474 g/mol. The third-order valence-corrected chi connectivity index (χ3v) is 4.88. The van der Waals surface area contributed by atoms with Crippen LogP contribution in [0.25, 0.3) is 0 Å². The first kappa shape index (κ1) is 29.5. The molecule has 35 heavy (non-hydrogen) atoms. The number of carbonyl (C=O) groups excluding carboxylic acids is 5. The largest absolute Gasteiger partial charge is 0.462 e. The summed E-state index contributed by atoms with van der Waals surface area (Å²) < 4.78 is 25.9. The van der Waals surface area contributed by atoms with Gasteiger partial charge in [0.25, 0.3) is 0 Å².